The van der Waals surface area contributed by atoms with Crippen molar-refractivity contribution in [3.05, 3.63) is 24.3 Å². The lowest BCUT2D eigenvalue weighted by atomic mass is 9.98. The molecule has 24 heavy (non-hydrogen) atoms. The van der Waals surface area contributed by atoms with E-state index >= 15 is 0 Å². The zero-order valence-electron chi connectivity index (χ0n) is 14.3. The fourth-order valence-corrected chi connectivity index (χ4v) is 3.55. The minimum Gasteiger partial charge on any atom is -0.494 e. The molecule has 0 spiro atoms. The zero-order chi connectivity index (χ0) is 17.7. The molecule has 1 saturated heterocycles. The van der Waals surface area contributed by atoms with E-state index < -0.39 is 9.84 Å². The third-order valence-corrected chi connectivity index (χ3v) is 5.42. The molecular formula is C17H26N2O4S. The average molecular weight is 354 g/mol. The second-order valence-corrected chi connectivity index (χ2v) is 8.43. The van der Waals surface area contributed by atoms with Crippen molar-refractivity contribution in [2.24, 2.45) is 5.73 Å². The first-order valence-electron chi connectivity index (χ1n) is 8.25. The van der Waals surface area contributed by atoms with Gasteiger partial charge in [-0.2, -0.15) is 0 Å². The topological polar surface area (TPSA) is 89.7 Å². The Kier molecular flexibility index (Phi) is 6.23. The number of carbonyl (C=O) groups is 1. The summed E-state index contributed by atoms with van der Waals surface area (Å²) in [6.45, 7) is 3.19. The van der Waals surface area contributed by atoms with Crippen LogP contribution in [-0.4, -0.2) is 50.7 Å². The highest BCUT2D eigenvalue weighted by Gasteiger charge is 2.26. The van der Waals surface area contributed by atoms with E-state index in [9.17, 15) is 13.2 Å². The maximum Gasteiger partial charge on any atom is 0.222 e. The maximum absolute atomic E-state index is 12.2. The first-order valence-corrected chi connectivity index (χ1v) is 10.1. The van der Waals surface area contributed by atoms with Gasteiger partial charge in [0.15, 0.2) is 9.84 Å². The summed E-state index contributed by atoms with van der Waals surface area (Å²) in [5.41, 5.74) is 5.92. The van der Waals surface area contributed by atoms with Crippen LogP contribution < -0.4 is 10.5 Å². The van der Waals surface area contributed by atoms with Crippen molar-refractivity contribution < 1.29 is 17.9 Å². The molecule has 1 amide bonds. The standard InChI is InChI=1S/C17H26N2O4S/c1-13-12-14(18)9-10-19(13)17(20)4-3-11-23-15-5-7-16(8-6-15)24(2,21)22/h5-8,13-14H,3-4,9-12,18H2,1-2H3/t13-,14-/m1/s1. The molecule has 0 aromatic heterocycles. The van der Waals surface area contributed by atoms with E-state index in [-0.39, 0.29) is 22.9 Å². The molecule has 1 aromatic carbocycles. The van der Waals surface area contributed by atoms with Crippen molar-refractivity contribution in [1.82, 2.24) is 4.90 Å². The Morgan fingerprint density at radius 1 is 1.33 bits per heavy atom. The van der Waals surface area contributed by atoms with Gasteiger partial charge in [-0.15, -0.1) is 0 Å². The fourth-order valence-electron chi connectivity index (χ4n) is 2.92. The predicted molar refractivity (Wildman–Crippen MR) is 92.7 cm³/mol. The molecule has 0 bridgehead atoms. The fraction of sp³-hybridized carbons (Fsp3) is 0.588. The van der Waals surface area contributed by atoms with Crippen LogP contribution in [0.3, 0.4) is 0 Å². The summed E-state index contributed by atoms with van der Waals surface area (Å²) in [5, 5.41) is 0. The minimum absolute atomic E-state index is 0.144. The van der Waals surface area contributed by atoms with E-state index in [2.05, 4.69) is 0 Å². The summed E-state index contributed by atoms with van der Waals surface area (Å²) in [5.74, 6) is 0.748. The van der Waals surface area contributed by atoms with Crippen molar-refractivity contribution in [1.29, 1.82) is 0 Å². The van der Waals surface area contributed by atoms with E-state index in [0.717, 1.165) is 19.4 Å². The lowest BCUT2D eigenvalue weighted by molar-refractivity contribution is -0.134. The van der Waals surface area contributed by atoms with Crippen molar-refractivity contribution in [3.8, 4) is 5.75 Å². The average Bonchev–Trinajstić information content (AvgIpc) is 2.51. The number of hydrogen-bond acceptors (Lipinski definition) is 5. The van der Waals surface area contributed by atoms with E-state index in [0.29, 0.717) is 25.2 Å². The van der Waals surface area contributed by atoms with Crippen LogP contribution in [0.25, 0.3) is 0 Å². The Labute approximate surface area is 143 Å². The van der Waals surface area contributed by atoms with E-state index in [1.165, 1.54) is 18.4 Å². The number of nitrogens with zero attached hydrogens (tertiary/aromatic N) is 1. The van der Waals surface area contributed by atoms with Crippen LogP contribution in [-0.2, 0) is 14.6 Å². The second-order valence-electron chi connectivity index (χ2n) is 6.42. The summed E-state index contributed by atoms with van der Waals surface area (Å²) in [4.78, 5) is 14.4. The summed E-state index contributed by atoms with van der Waals surface area (Å²) < 4.78 is 28.3. The van der Waals surface area contributed by atoms with Crippen molar-refractivity contribution in [3.63, 3.8) is 0 Å². The molecule has 6 nitrogen and oxygen atoms in total. The number of likely N-dealkylation sites (tertiary alicyclic amines) is 1. The Morgan fingerprint density at radius 2 is 2.00 bits per heavy atom. The lowest BCUT2D eigenvalue weighted by Gasteiger charge is -2.36. The van der Waals surface area contributed by atoms with Crippen LogP contribution >= 0.6 is 0 Å². The predicted octanol–water partition coefficient (Wildman–Crippen LogP) is 1.59. The van der Waals surface area contributed by atoms with Crippen LogP contribution in [0.15, 0.2) is 29.2 Å². The van der Waals surface area contributed by atoms with Gasteiger partial charge in [0.2, 0.25) is 5.91 Å². The number of nitrogens with two attached hydrogens (primary N) is 1. The quantitative estimate of drug-likeness (QED) is 0.784. The van der Waals surface area contributed by atoms with Crippen LogP contribution in [0.2, 0.25) is 0 Å². The van der Waals surface area contributed by atoms with Gasteiger partial charge in [0.1, 0.15) is 5.75 Å². The molecular weight excluding hydrogens is 328 g/mol. The number of ether oxygens (including phenoxy) is 1. The molecule has 0 aliphatic carbocycles. The molecule has 1 fully saturated rings. The minimum atomic E-state index is -3.19. The number of hydrogen-bond donors (Lipinski definition) is 1. The number of amides is 1. The summed E-state index contributed by atoms with van der Waals surface area (Å²) in [6, 6.07) is 6.70. The van der Waals surface area contributed by atoms with Crippen molar-refractivity contribution in [2.75, 3.05) is 19.4 Å². The Morgan fingerprint density at radius 3 is 2.58 bits per heavy atom. The van der Waals surface area contributed by atoms with Gasteiger partial charge in [-0.3, -0.25) is 4.79 Å². The summed E-state index contributed by atoms with van der Waals surface area (Å²) in [7, 11) is -3.19. The first-order chi connectivity index (χ1) is 11.3. The third-order valence-electron chi connectivity index (χ3n) is 4.29. The van der Waals surface area contributed by atoms with Crippen molar-refractivity contribution in [2.45, 2.75) is 49.6 Å². The smallest absolute Gasteiger partial charge is 0.222 e. The zero-order valence-corrected chi connectivity index (χ0v) is 15.1. The van der Waals surface area contributed by atoms with E-state index in [4.69, 9.17) is 10.5 Å². The molecule has 2 N–H and O–H groups in total. The van der Waals surface area contributed by atoms with E-state index in [1.54, 1.807) is 12.1 Å². The van der Waals surface area contributed by atoms with Crippen LogP contribution in [0.5, 0.6) is 5.75 Å². The molecule has 2 rings (SSSR count). The Balaban J connectivity index is 1.74. The van der Waals surface area contributed by atoms with Gasteiger partial charge >= 0.3 is 0 Å². The lowest BCUT2D eigenvalue weighted by Crippen LogP contribution is -2.48. The molecule has 0 saturated carbocycles. The van der Waals surface area contributed by atoms with Crippen molar-refractivity contribution >= 4 is 15.7 Å². The highest BCUT2D eigenvalue weighted by atomic mass is 32.2. The highest BCUT2D eigenvalue weighted by molar-refractivity contribution is 7.90. The first kappa shape index (κ1) is 18.7. The Bertz CT molecular complexity index is 658. The highest BCUT2D eigenvalue weighted by Crippen LogP contribution is 2.18. The molecule has 134 valence electrons. The molecule has 0 unspecified atom stereocenters. The normalized spacial score (nSPS) is 21.5. The van der Waals surface area contributed by atoms with Crippen LogP contribution in [0.1, 0.15) is 32.6 Å². The van der Waals surface area contributed by atoms with Gasteiger partial charge in [-0.05, 0) is 50.5 Å². The van der Waals surface area contributed by atoms with E-state index in [1.807, 2.05) is 11.8 Å². The Hall–Kier alpha value is -1.60. The van der Waals surface area contributed by atoms with Gasteiger partial charge < -0.3 is 15.4 Å². The number of piperidine rings is 1. The summed E-state index contributed by atoms with van der Waals surface area (Å²) in [6.07, 6.45) is 3.96. The van der Waals surface area contributed by atoms with Gasteiger partial charge in [-0.25, -0.2) is 8.42 Å². The van der Waals surface area contributed by atoms with Gasteiger partial charge in [-0.1, -0.05) is 0 Å². The largest absolute Gasteiger partial charge is 0.494 e. The molecule has 1 aromatic rings. The van der Waals surface area contributed by atoms with Gasteiger partial charge in [0, 0.05) is 31.3 Å². The molecule has 0 radical (unpaired) electrons. The molecule has 1 aliphatic heterocycles. The molecule has 1 heterocycles. The van der Waals surface area contributed by atoms with Gasteiger partial charge in [0.05, 0.1) is 11.5 Å². The monoisotopic (exact) mass is 354 g/mol. The number of carbonyl (C=O) groups excluding carboxylic acids is 1. The maximum atomic E-state index is 12.2. The van der Waals surface area contributed by atoms with Crippen LogP contribution in [0.4, 0.5) is 0 Å². The molecule has 2 atom stereocenters. The second kappa shape index (κ2) is 7.98. The SMILES string of the molecule is C[C@@H]1C[C@H](N)CCN1C(=O)CCCOc1ccc(S(C)(=O)=O)cc1. The van der Waals surface area contributed by atoms with Gasteiger partial charge in [0.25, 0.3) is 0 Å². The number of benzene rings is 1. The number of rotatable bonds is 6. The molecule has 1 aliphatic rings. The summed E-state index contributed by atoms with van der Waals surface area (Å²) >= 11 is 0. The third kappa shape index (κ3) is 5.21. The number of sulfone groups is 1. The van der Waals surface area contributed by atoms with Crippen LogP contribution in [0, 0.1) is 0 Å². The molecule has 7 heteroatoms.